The van der Waals surface area contributed by atoms with Gasteiger partial charge in [0.05, 0.1) is 13.7 Å². The van der Waals surface area contributed by atoms with Gasteiger partial charge in [-0.1, -0.05) is 24.3 Å². The molecule has 0 bridgehead atoms. The molecule has 0 N–H and O–H groups in total. The molecule has 0 radical (unpaired) electrons. The van der Waals surface area contributed by atoms with Crippen LogP contribution < -0.4 is 4.74 Å². The summed E-state index contributed by atoms with van der Waals surface area (Å²) in [5.74, 6) is 0.408. The van der Waals surface area contributed by atoms with Crippen LogP contribution in [0.15, 0.2) is 30.3 Å². The highest BCUT2D eigenvalue weighted by molar-refractivity contribution is 5.62. The number of ether oxygens (including phenoxy) is 3. The van der Waals surface area contributed by atoms with Gasteiger partial charge in [0.1, 0.15) is 5.75 Å². The first-order valence-electron chi connectivity index (χ1n) is 6.09. The van der Waals surface area contributed by atoms with Crippen LogP contribution in [0.3, 0.4) is 0 Å². The van der Waals surface area contributed by atoms with Gasteiger partial charge in [-0.05, 0) is 19.1 Å². The second-order valence-corrected chi connectivity index (χ2v) is 3.86. The van der Waals surface area contributed by atoms with E-state index in [9.17, 15) is 18.0 Å². The Hall–Kier alpha value is -2.18. The van der Waals surface area contributed by atoms with Crippen LogP contribution in [0, 0.1) is 0 Å². The third-order valence-corrected chi connectivity index (χ3v) is 2.40. The standard InChI is InChI=1S/C14H15F3O4/c1-3-20-13(18)21-12(14(15,16)17)9-8-10-6-4-5-7-11(10)19-2/h4-9,12H,3H2,1-2H3/b9-8+. The largest absolute Gasteiger partial charge is 0.509 e. The van der Waals surface area contributed by atoms with Gasteiger partial charge >= 0.3 is 12.3 Å². The number of hydrogen-bond acceptors (Lipinski definition) is 4. The molecular weight excluding hydrogens is 289 g/mol. The van der Waals surface area contributed by atoms with Crippen molar-refractivity contribution in [1.29, 1.82) is 0 Å². The molecule has 0 amide bonds. The Kier molecular flexibility index (Phi) is 6.08. The van der Waals surface area contributed by atoms with Crippen molar-refractivity contribution in [3.63, 3.8) is 0 Å². The van der Waals surface area contributed by atoms with Crippen molar-refractivity contribution in [2.75, 3.05) is 13.7 Å². The summed E-state index contributed by atoms with van der Waals surface area (Å²) in [5.41, 5.74) is 0.432. The van der Waals surface area contributed by atoms with E-state index in [2.05, 4.69) is 9.47 Å². The van der Waals surface area contributed by atoms with Crippen LogP contribution in [0.1, 0.15) is 12.5 Å². The minimum absolute atomic E-state index is 0.0698. The molecule has 1 rings (SSSR count). The quantitative estimate of drug-likeness (QED) is 0.776. The van der Waals surface area contributed by atoms with E-state index in [4.69, 9.17) is 4.74 Å². The van der Waals surface area contributed by atoms with Gasteiger partial charge < -0.3 is 14.2 Å². The summed E-state index contributed by atoms with van der Waals surface area (Å²) < 4.78 is 52.0. The van der Waals surface area contributed by atoms with Crippen LogP contribution in [0.4, 0.5) is 18.0 Å². The molecule has 1 atom stereocenters. The lowest BCUT2D eigenvalue weighted by molar-refractivity contribution is -0.192. The summed E-state index contributed by atoms with van der Waals surface area (Å²) in [6, 6.07) is 6.52. The maximum absolute atomic E-state index is 12.8. The molecule has 0 aliphatic rings. The van der Waals surface area contributed by atoms with E-state index in [1.54, 1.807) is 24.3 Å². The van der Waals surface area contributed by atoms with Gasteiger partial charge in [-0.2, -0.15) is 13.2 Å². The average molecular weight is 304 g/mol. The highest BCUT2D eigenvalue weighted by Gasteiger charge is 2.41. The molecule has 0 heterocycles. The summed E-state index contributed by atoms with van der Waals surface area (Å²) in [4.78, 5) is 11.0. The highest BCUT2D eigenvalue weighted by atomic mass is 19.4. The van der Waals surface area contributed by atoms with Gasteiger partial charge in [0.15, 0.2) is 0 Å². The number of hydrogen-bond donors (Lipinski definition) is 0. The lowest BCUT2D eigenvalue weighted by atomic mass is 10.1. The fourth-order valence-electron chi connectivity index (χ4n) is 1.47. The van der Waals surface area contributed by atoms with Crippen molar-refractivity contribution in [2.24, 2.45) is 0 Å². The second-order valence-electron chi connectivity index (χ2n) is 3.86. The van der Waals surface area contributed by atoms with Crippen LogP contribution in [-0.2, 0) is 9.47 Å². The fraction of sp³-hybridized carbons (Fsp3) is 0.357. The Balaban J connectivity index is 2.90. The summed E-state index contributed by atoms with van der Waals surface area (Å²) in [6.45, 7) is 1.40. The zero-order valence-electron chi connectivity index (χ0n) is 11.5. The molecule has 1 aromatic carbocycles. The molecule has 4 nitrogen and oxygen atoms in total. The van der Waals surface area contributed by atoms with Crippen LogP contribution in [0.5, 0.6) is 5.75 Å². The van der Waals surface area contributed by atoms with Crippen LogP contribution >= 0.6 is 0 Å². The van der Waals surface area contributed by atoms with E-state index in [1.165, 1.54) is 20.1 Å². The number of para-hydroxylation sites is 1. The van der Waals surface area contributed by atoms with Gasteiger partial charge in [-0.25, -0.2) is 4.79 Å². The van der Waals surface area contributed by atoms with Crippen molar-refractivity contribution in [3.8, 4) is 5.75 Å². The first kappa shape index (κ1) is 16.9. The normalized spacial score (nSPS) is 13.0. The molecule has 0 fully saturated rings. The van der Waals surface area contributed by atoms with E-state index in [-0.39, 0.29) is 6.61 Å². The monoisotopic (exact) mass is 304 g/mol. The molecule has 0 saturated heterocycles. The maximum atomic E-state index is 12.8. The number of benzene rings is 1. The number of alkyl halides is 3. The van der Waals surface area contributed by atoms with E-state index < -0.39 is 18.4 Å². The van der Waals surface area contributed by atoms with Gasteiger partial charge in [0.2, 0.25) is 6.10 Å². The van der Waals surface area contributed by atoms with E-state index in [1.807, 2.05) is 0 Å². The molecule has 0 aliphatic heterocycles. The first-order valence-corrected chi connectivity index (χ1v) is 6.09. The van der Waals surface area contributed by atoms with Crippen LogP contribution in [0.2, 0.25) is 0 Å². The zero-order chi connectivity index (χ0) is 15.9. The molecule has 1 aromatic rings. The van der Waals surface area contributed by atoms with E-state index in [0.29, 0.717) is 11.3 Å². The lowest BCUT2D eigenvalue weighted by Crippen LogP contribution is -2.32. The lowest BCUT2D eigenvalue weighted by Gasteiger charge is -2.17. The van der Waals surface area contributed by atoms with Gasteiger partial charge in [-0.15, -0.1) is 0 Å². The molecule has 7 heteroatoms. The molecule has 21 heavy (non-hydrogen) atoms. The van der Waals surface area contributed by atoms with E-state index in [0.717, 1.165) is 6.08 Å². The first-order chi connectivity index (χ1) is 9.88. The van der Waals surface area contributed by atoms with Crippen molar-refractivity contribution in [3.05, 3.63) is 35.9 Å². The summed E-state index contributed by atoms with van der Waals surface area (Å²) in [6.07, 6.45) is -6.58. The fourth-order valence-corrected chi connectivity index (χ4v) is 1.47. The Morgan fingerprint density at radius 3 is 2.57 bits per heavy atom. The van der Waals surface area contributed by atoms with Crippen molar-refractivity contribution in [2.45, 2.75) is 19.2 Å². The van der Waals surface area contributed by atoms with Crippen molar-refractivity contribution >= 4 is 12.2 Å². The number of carbonyl (C=O) groups is 1. The average Bonchev–Trinajstić information content (AvgIpc) is 2.42. The Labute approximate surface area is 120 Å². The highest BCUT2D eigenvalue weighted by Crippen LogP contribution is 2.26. The molecule has 0 aromatic heterocycles. The summed E-state index contributed by atoms with van der Waals surface area (Å²) in [7, 11) is 1.41. The summed E-state index contributed by atoms with van der Waals surface area (Å²) >= 11 is 0. The van der Waals surface area contributed by atoms with Crippen LogP contribution in [-0.4, -0.2) is 32.2 Å². The van der Waals surface area contributed by atoms with Gasteiger partial charge in [0, 0.05) is 5.56 Å². The summed E-state index contributed by atoms with van der Waals surface area (Å²) in [5, 5.41) is 0. The third kappa shape index (κ3) is 5.37. The van der Waals surface area contributed by atoms with Crippen molar-refractivity contribution < 1.29 is 32.2 Å². The van der Waals surface area contributed by atoms with Gasteiger partial charge in [-0.3, -0.25) is 0 Å². The molecular formula is C14H15F3O4. The predicted octanol–water partition coefficient (Wildman–Crippen LogP) is 3.81. The Morgan fingerprint density at radius 1 is 1.33 bits per heavy atom. The molecule has 116 valence electrons. The smallest absolute Gasteiger partial charge is 0.496 e. The molecule has 0 saturated carbocycles. The zero-order valence-corrected chi connectivity index (χ0v) is 11.5. The van der Waals surface area contributed by atoms with Gasteiger partial charge in [0.25, 0.3) is 0 Å². The third-order valence-electron chi connectivity index (χ3n) is 2.40. The molecule has 1 unspecified atom stereocenters. The maximum Gasteiger partial charge on any atom is 0.509 e. The number of methoxy groups -OCH3 is 1. The second kappa shape index (κ2) is 7.56. The minimum atomic E-state index is -4.73. The molecule has 0 aliphatic carbocycles. The Bertz CT molecular complexity index is 497. The minimum Gasteiger partial charge on any atom is -0.496 e. The SMILES string of the molecule is CCOC(=O)OC(/C=C/c1ccccc1OC)C(F)(F)F. The number of carbonyl (C=O) groups excluding carboxylic acids is 1. The predicted molar refractivity (Wildman–Crippen MR) is 70.0 cm³/mol. The Morgan fingerprint density at radius 2 is 2.00 bits per heavy atom. The number of rotatable bonds is 5. The topological polar surface area (TPSA) is 44.8 Å². The van der Waals surface area contributed by atoms with Crippen molar-refractivity contribution in [1.82, 2.24) is 0 Å². The van der Waals surface area contributed by atoms with E-state index >= 15 is 0 Å². The molecule has 0 spiro atoms. The number of halogens is 3. The van der Waals surface area contributed by atoms with Crippen LogP contribution in [0.25, 0.3) is 6.08 Å².